The molecule has 0 bridgehead atoms. The number of nitrogens with zero attached hydrogens (tertiary/aromatic N) is 1. The standard InChI is InChI=1S/C12H19N3O2/c1-3-6-14-7-10-11(17-8-12(13)16)5-4-9(2)15-10/h4-5,14H,3,6-8H2,1-2H3,(H2,13,16). The number of nitrogens with one attached hydrogen (secondary N) is 1. The first-order valence-corrected chi connectivity index (χ1v) is 5.71. The lowest BCUT2D eigenvalue weighted by Crippen LogP contribution is -2.22. The fourth-order valence-electron chi connectivity index (χ4n) is 1.39. The Balaban J connectivity index is 2.69. The van der Waals surface area contributed by atoms with E-state index in [1.807, 2.05) is 19.1 Å². The maximum Gasteiger partial charge on any atom is 0.255 e. The van der Waals surface area contributed by atoms with Gasteiger partial charge in [0.05, 0.1) is 5.69 Å². The van der Waals surface area contributed by atoms with Gasteiger partial charge in [-0.3, -0.25) is 9.78 Å². The van der Waals surface area contributed by atoms with Crippen LogP contribution in [0, 0.1) is 6.92 Å². The Labute approximate surface area is 101 Å². The molecule has 0 aromatic carbocycles. The van der Waals surface area contributed by atoms with Gasteiger partial charge in [0.1, 0.15) is 5.75 Å². The summed E-state index contributed by atoms with van der Waals surface area (Å²) in [5.74, 6) is 0.121. The first-order chi connectivity index (χ1) is 8.13. The van der Waals surface area contributed by atoms with Gasteiger partial charge in [0.25, 0.3) is 5.91 Å². The van der Waals surface area contributed by atoms with Gasteiger partial charge in [-0.25, -0.2) is 0 Å². The van der Waals surface area contributed by atoms with Gasteiger partial charge >= 0.3 is 0 Å². The lowest BCUT2D eigenvalue weighted by atomic mass is 10.2. The average molecular weight is 237 g/mol. The third-order valence-electron chi connectivity index (χ3n) is 2.16. The molecular formula is C12H19N3O2. The van der Waals surface area contributed by atoms with E-state index in [1.165, 1.54) is 0 Å². The van der Waals surface area contributed by atoms with Crippen molar-refractivity contribution in [2.24, 2.45) is 5.73 Å². The monoisotopic (exact) mass is 237 g/mol. The molecule has 0 aliphatic carbocycles. The SMILES string of the molecule is CCCNCc1nc(C)ccc1OCC(N)=O. The number of amides is 1. The van der Waals surface area contributed by atoms with Crippen LogP contribution in [0.5, 0.6) is 5.75 Å². The molecule has 5 heteroatoms. The fourth-order valence-corrected chi connectivity index (χ4v) is 1.39. The first-order valence-electron chi connectivity index (χ1n) is 5.71. The quantitative estimate of drug-likeness (QED) is 0.686. The van der Waals surface area contributed by atoms with Gasteiger partial charge in [-0.05, 0) is 32.0 Å². The number of hydrogen-bond donors (Lipinski definition) is 2. The van der Waals surface area contributed by atoms with Gasteiger partial charge in [-0.15, -0.1) is 0 Å². The molecule has 0 radical (unpaired) electrons. The largest absolute Gasteiger partial charge is 0.482 e. The number of pyridine rings is 1. The Morgan fingerprint density at radius 3 is 2.94 bits per heavy atom. The van der Waals surface area contributed by atoms with Crippen LogP contribution in [0.3, 0.4) is 0 Å². The van der Waals surface area contributed by atoms with Crippen molar-refractivity contribution in [2.75, 3.05) is 13.2 Å². The molecule has 1 aromatic rings. The van der Waals surface area contributed by atoms with Crippen LogP contribution in [0.4, 0.5) is 0 Å². The number of hydrogen-bond acceptors (Lipinski definition) is 4. The minimum absolute atomic E-state index is 0.120. The van der Waals surface area contributed by atoms with Crippen molar-refractivity contribution >= 4 is 5.91 Å². The third kappa shape index (κ3) is 4.82. The number of carbonyl (C=O) groups is 1. The van der Waals surface area contributed by atoms with Gasteiger partial charge in [-0.2, -0.15) is 0 Å². The maximum absolute atomic E-state index is 10.7. The summed E-state index contributed by atoms with van der Waals surface area (Å²) in [4.78, 5) is 15.1. The highest BCUT2D eigenvalue weighted by molar-refractivity contribution is 5.75. The highest BCUT2D eigenvalue weighted by Gasteiger charge is 2.06. The Hall–Kier alpha value is -1.62. The van der Waals surface area contributed by atoms with E-state index in [-0.39, 0.29) is 6.61 Å². The Kier molecular flexibility index (Phi) is 5.42. The summed E-state index contributed by atoms with van der Waals surface area (Å²) in [5, 5.41) is 3.25. The molecule has 1 heterocycles. The molecule has 17 heavy (non-hydrogen) atoms. The fraction of sp³-hybridized carbons (Fsp3) is 0.500. The topological polar surface area (TPSA) is 77.2 Å². The van der Waals surface area contributed by atoms with Crippen LogP contribution in [0.15, 0.2) is 12.1 Å². The predicted molar refractivity (Wildman–Crippen MR) is 65.7 cm³/mol. The minimum atomic E-state index is -0.488. The molecule has 0 aliphatic rings. The van der Waals surface area contributed by atoms with Gasteiger partial charge in [0.2, 0.25) is 0 Å². The van der Waals surface area contributed by atoms with Gasteiger partial charge in [0.15, 0.2) is 6.61 Å². The zero-order valence-corrected chi connectivity index (χ0v) is 10.3. The van der Waals surface area contributed by atoms with Gasteiger partial charge in [-0.1, -0.05) is 6.92 Å². The van der Waals surface area contributed by atoms with Crippen molar-refractivity contribution in [1.82, 2.24) is 10.3 Å². The molecule has 0 atom stereocenters. The van der Waals surface area contributed by atoms with Crippen LogP contribution < -0.4 is 15.8 Å². The lowest BCUT2D eigenvalue weighted by Gasteiger charge is -2.10. The maximum atomic E-state index is 10.7. The van der Waals surface area contributed by atoms with E-state index in [0.29, 0.717) is 12.3 Å². The zero-order chi connectivity index (χ0) is 12.7. The first kappa shape index (κ1) is 13.4. The Morgan fingerprint density at radius 1 is 1.53 bits per heavy atom. The van der Waals surface area contributed by atoms with Crippen LogP contribution in [0.2, 0.25) is 0 Å². The highest BCUT2D eigenvalue weighted by atomic mass is 16.5. The van der Waals surface area contributed by atoms with E-state index >= 15 is 0 Å². The molecule has 0 saturated carbocycles. The summed E-state index contributed by atoms with van der Waals surface area (Å²) in [6, 6.07) is 3.66. The van der Waals surface area contributed by atoms with E-state index in [1.54, 1.807) is 0 Å². The summed E-state index contributed by atoms with van der Waals surface area (Å²) in [7, 11) is 0. The molecule has 94 valence electrons. The summed E-state index contributed by atoms with van der Waals surface area (Å²) >= 11 is 0. The van der Waals surface area contributed by atoms with Gasteiger partial charge in [0, 0.05) is 12.2 Å². The number of ether oxygens (including phenoxy) is 1. The normalized spacial score (nSPS) is 10.2. The predicted octanol–water partition coefficient (Wildman–Crippen LogP) is 0.754. The average Bonchev–Trinajstić information content (AvgIpc) is 2.28. The molecule has 0 spiro atoms. The van der Waals surface area contributed by atoms with Crippen LogP contribution in [0.25, 0.3) is 0 Å². The molecule has 0 fully saturated rings. The lowest BCUT2D eigenvalue weighted by molar-refractivity contribution is -0.119. The third-order valence-corrected chi connectivity index (χ3v) is 2.16. The van der Waals surface area contributed by atoms with E-state index in [4.69, 9.17) is 10.5 Å². The van der Waals surface area contributed by atoms with Crippen LogP contribution >= 0.6 is 0 Å². The highest BCUT2D eigenvalue weighted by Crippen LogP contribution is 2.16. The summed E-state index contributed by atoms with van der Waals surface area (Å²) in [6.45, 7) is 5.45. The van der Waals surface area contributed by atoms with E-state index in [0.717, 1.165) is 24.4 Å². The number of primary amides is 1. The van der Waals surface area contributed by atoms with Crippen molar-refractivity contribution in [3.63, 3.8) is 0 Å². The summed E-state index contributed by atoms with van der Waals surface area (Å²) < 4.78 is 5.31. The second-order valence-electron chi connectivity index (χ2n) is 3.83. The Bertz CT molecular complexity index is 380. The second kappa shape index (κ2) is 6.85. The van der Waals surface area contributed by atoms with Crippen molar-refractivity contribution in [3.8, 4) is 5.75 Å². The number of rotatable bonds is 7. The molecule has 0 aliphatic heterocycles. The molecule has 5 nitrogen and oxygen atoms in total. The second-order valence-corrected chi connectivity index (χ2v) is 3.83. The smallest absolute Gasteiger partial charge is 0.255 e. The Morgan fingerprint density at radius 2 is 2.29 bits per heavy atom. The number of aryl methyl sites for hydroxylation is 1. The summed E-state index contributed by atoms with van der Waals surface area (Å²) in [5.41, 5.74) is 6.77. The number of nitrogens with two attached hydrogens (primary N) is 1. The van der Waals surface area contributed by atoms with Crippen LogP contribution in [-0.2, 0) is 11.3 Å². The minimum Gasteiger partial charge on any atom is -0.482 e. The summed E-state index contributed by atoms with van der Waals surface area (Å²) in [6.07, 6.45) is 1.06. The van der Waals surface area contributed by atoms with Crippen molar-refractivity contribution in [3.05, 3.63) is 23.5 Å². The molecule has 1 aromatic heterocycles. The van der Waals surface area contributed by atoms with E-state index < -0.39 is 5.91 Å². The van der Waals surface area contributed by atoms with Crippen molar-refractivity contribution in [1.29, 1.82) is 0 Å². The van der Waals surface area contributed by atoms with Crippen LogP contribution in [-0.4, -0.2) is 24.0 Å². The molecule has 3 N–H and O–H groups in total. The molecule has 0 unspecified atom stereocenters. The van der Waals surface area contributed by atoms with Crippen LogP contribution in [0.1, 0.15) is 24.7 Å². The number of aromatic nitrogens is 1. The van der Waals surface area contributed by atoms with Crippen molar-refractivity contribution < 1.29 is 9.53 Å². The van der Waals surface area contributed by atoms with E-state index in [2.05, 4.69) is 17.2 Å². The molecule has 1 amide bonds. The molecule has 0 saturated heterocycles. The number of carbonyl (C=O) groups excluding carboxylic acids is 1. The van der Waals surface area contributed by atoms with Crippen molar-refractivity contribution in [2.45, 2.75) is 26.8 Å². The molecular weight excluding hydrogens is 218 g/mol. The molecule has 1 rings (SSSR count). The zero-order valence-electron chi connectivity index (χ0n) is 10.3. The van der Waals surface area contributed by atoms with E-state index in [9.17, 15) is 4.79 Å². The van der Waals surface area contributed by atoms with Gasteiger partial charge < -0.3 is 15.8 Å².